The number of alkyl halides is 9. The number of halogens is 9. The lowest BCUT2D eigenvalue weighted by Crippen LogP contribution is -2.58. The number of carbonyl (C=O) groups is 1. The Morgan fingerprint density at radius 2 is 1.35 bits per heavy atom. The summed E-state index contributed by atoms with van der Waals surface area (Å²) in [7, 11) is 0. The number of hydrogen-bond acceptors (Lipinski definition) is 3. The van der Waals surface area contributed by atoms with Gasteiger partial charge in [-0.2, -0.15) is 39.5 Å². The third-order valence-corrected chi connectivity index (χ3v) is 4.33. The number of ether oxygens (including phenoxy) is 2. The Labute approximate surface area is 172 Å². The highest BCUT2D eigenvalue weighted by Gasteiger charge is 2.77. The Bertz CT molecular complexity index is 773. The van der Waals surface area contributed by atoms with E-state index in [1.807, 2.05) is 0 Å². The van der Waals surface area contributed by atoms with Crippen LogP contribution in [0.25, 0.3) is 0 Å². The van der Waals surface area contributed by atoms with Gasteiger partial charge >= 0.3 is 30.3 Å². The molecule has 0 amide bonds. The van der Waals surface area contributed by atoms with Crippen LogP contribution in [0, 0.1) is 0 Å². The molecule has 0 saturated heterocycles. The molecule has 1 aromatic rings. The van der Waals surface area contributed by atoms with Crippen LogP contribution < -0.4 is 0 Å². The molecule has 0 fully saturated rings. The first-order valence-electron chi connectivity index (χ1n) is 8.94. The minimum Gasteiger partial charge on any atom is -0.429 e. The summed E-state index contributed by atoms with van der Waals surface area (Å²) >= 11 is 0. The summed E-state index contributed by atoms with van der Waals surface area (Å²) in [6.45, 7) is 6.40. The summed E-state index contributed by atoms with van der Waals surface area (Å²) in [6, 6.07) is 0.952. The van der Waals surface area contributed by atoms with Crippen LogP contribution in [0.1, 0.15) is 63.6 Å². The third kappa shape index (κ3) is 5.76. The second-order valence-corrected chi connectivity index (χ2v) is 7.86. The first-order chi connectivity index (χ1) is 13.7. The van der Waals surface area contributed by atoms with E-state index in [4.69, 9.17) is 0 Å². The maximum absolute atomic E-state index is 13.8. The van der Waals surface area contributed by atoms with Crippen molar-refractivity contribution in [2.75, 3.05) is 0 Å². The average Bonchev–Trinajstić information content (AvgIpc) is 2.53. The summed E-state index contributed by atoms with van der Waals surface area (Å²) in [5.74, 6) is -0.590. The molecule has 3 nitrogen and oxygen atoms in total. The monoisotopic (exact) mass is 468 g/mol. The van der Waals surface area contributed by atoms with Gasteiger partial charge in [0.1, 0.15) is 5.60 Å². The Balaban J connectivity index is 3.95. The van der Waals surface area contributed by atoms with E-state index in [1.54, 1.807) is 6.92 Å². The molecule has 0 heterocycles. The van der Waals surface area contributed by atoms with Crippen molar-refractivity contribution in [1.29, 1.82) is 0 Å². The molecular weight excluding hydrogens is 447 g/mol. The lowest BCUT2D eigenvalue weighted by molar-refractivity contribution is -0.378. The topological polar surface area (TPSA) is 35.5 Å². The van der Waals surface area contributed by atoms with Crippen molar-refractivity contribution < 1.29 is 53.8 Å². The minimum absolute atomic E-state index is 0.0374. The molecular formula is C19H21F9O3. The summed E-state index contributed by atoms with van der Waals surface area (Å²) in [4.78, 5) is 11.8. The van der Waals surface area contributed by atoms with E-state index in [0.29, 0.717) is 6.07 Å². The molecule has 178 valence electrons. The van der Waals surface area contributed by atoms with Gasteiger partial charge in [-0.25, -0.2) is 4.79 Å². The SMILES string of the molecule is CCC(C)c1ccc(C(OC(=O)OC(C)(C)C)(C(F)(F)F)C(F)(F)F)c(C(F)(F)F)c1. The van der Waals surface area contributed by atoms with Crippen LogP contribution >= 0.6 is 0 Å². The molecule has 0 saturated carbocycles. The van der Waals surface area contributed by atoms with Gasteiger partial charge in [-0.3, -0.25) is 0 Å². The zero-order valence-electron chi connectivity index (χ0n) is 17.1. The van der Waals surface area contributed by atoms with Crippen molar-refractivity contribution in [3.63, 3.8) is 0 Å². The van der Waals surface area contributed by atoms with Gasteiger partial charge in [-0.15, -0.1) is 0 Å². The van der Waals surface area contributed by atoms with Crippen molar-refractivity contribution in [2.45, 2.75) is 76.7 Å². The van der Waals surface area contributed by atoms with Crippen molar-refractivity contribution in [3.05, 3.63) is 34.9 Å². The smallest absolute Gasteiger partial charge is 0.429 e. The molecule has 0 radical (unpaired) electrons. The molecule has 12 heteroatoms. The summed E-state index contributed by atoms with van der Waals surface area (Å²) in [5, 5.41) is 0. The summed E-state index contributed by atoms with van der Waals surface area (Å²) in [6.07, 6.45) is -20.8. The highest BCUT2D eigenvalue weighted by atomic mass is 19.4. The normalized spacial score (nSPS) is 14.9. The second-order valence-electron chi connectivity index (χ2n) is 7.86. The highest BCUT2D eigenvalue weighted by molar-refractivity contribution is 5.62. The molecule has 0 aliphatic carbocycles. The Morgan fingerprint density at radius 3 is 1.71 bits per heavy atom. The van der Waals surface area contributed by atoms with Gasteiger partial charge < -0.3 is 9.47 Å². The van der Waals surface area contributed by atoms with Crippen LogP contribution in [0.2, 0.25) is 0 Å². The molecule has 1 unspecified atom stereocenters. The Kier molecular flexibility index (Phi) is 7.30. The minimum atomic E-state index is -6.50. The fourth-order valence-electron chi connectivity index (χ4n) is 2.68. The van der Waals surface area contributed by atoms with E-state index < -0.39 is 52.9 Å². The first kappa shape index (κ1) is 26.9. The number of hydrogen-bond donors (Lipinski definition) is 0. The van der Waals surface area contributed by atoms with Gasteiger partial charge in [0, 0.05) is 5.56 Å². The van der Waals surface area contributed by atoms with Crippen molar-refractivity contribution in [3.8, 4) is 0 Å². The van der Waals surface area contributed by atoms with E-state index in [2.05, 4.69) is 9.47 Å². The van der Waals surface area contributed by atoms with Gasteiger partial charge in [0.25, 0.3) is 0 Å². The molecule has 1 aromatic carbocycles. The maximum Gasteiger partial charge on any atom is 0.510 e. The summed E-state index contributed by atoms with van der Waals surface area (Å²) < 4.78 is 132. The number of rotatable bonds is 4. The zero-order valence-corrected chi connectivity index (χ0v) is 17.1. The predicted molar refractivity (Wildman–Crippen MR) is 91.3 cm³/mol. The molecule has 1 rings (SSSR count). The van der Waals surface area contributed by atoms with Crippen molar-refractivity contribution in [1.82, 2.24) is 0 Å². The van der Waals surface area contributed by atoms with Gasteiger partial charge in [0.15, 0.2) is 0 Å². The number of benzene rings is 1. The maximum atomic E-state index is 13.8. The molecule has 1 atom stereocenters. The quantitative estimate of drug-likeness (QED) is 0.339. The van der Waals surface area contributed by atoms with E-state index in [-0.39, 0.29) is 24.1 Å². The second kappa shape index (κ2) is 8.42. The van der Waals surface area contributed by atoms with Crippen LogP contribution in [0.4, 0.5) is 44.3 Å². The molecule has 31 heavy (non-hydrogen) atoms. The van der Waals surface area contributed by atoms with E-state index in [1.165, 1.54) is 6.92 Å². The first-order valence-corrected chi connectivity index (χ1v) is 8.94. The summed E-state index contributed by atoms with van der Waals surface area (Å²) in [5.41, 5.74) is -11.8. The number of carbonyl (C=O) groups excluding carboxylic acids is 1. The Morgan fingerprint density at radius 1 is 0.871 bits per heavy atom. The molecule has 0 spiro atoms. The van der Waals surface area contributed by atoms with E-state index in [0.717, 1.165) is 20.8 Å². The van der Waals surface area contributed by atoms with Crippen LogP contribution in [-0.2, 0) is 21.3 Å². The predicted octanol–water partition coefficient (Wildman–Crippen LogP) is 7.49. The fraction of sp³-hybridized carbons (Fsp3) is 0.632. The van der Waals surface area contributed by atoms with Gasteiger partial charge in [0.05, 0.1) is 5.56 Å². The Hall–Kier alpha value is -2.14. The van der Waals surface area contributed by atoms with Gasteiger partial charge in [-0.05, 0) is 44.7 Å². The largest absolute Gasteiger partial charge is 0.510 e. The molecule has 0 bridgehead atoms. The fourth-order valence-corrected chi connectivity index (χ4v) is 2.68. The van der Waals surface area contributed by atoms with E-state index in [9.17, 15) is 44.3 Å². The van der Waals surface area contributed by atoms with Crippen LogP contribution in [-0.4, -0.2) is 24.1 Å². The van der Waals surface area contributed by atoms with E-state index >= 15 is 0 Å². The lowest BCUT2D eigenvalue weighted by atomic mass is 9.84. The van der Waals surface area contributed by atoms with Crippen LogP contribution in [0.5, 0.6) is 0 Å². The molecule has 0 N–H and O–H groups in total. The van der Waals surface area contributed by atoms with Gasteiger partial charge in [-0.1, -0.05) is 26.0 Å². The highest BCUT2D eigenvalue weighted by Crippen LogP contribution is 2.56. The standard InChI is InChI=1S/C19H21F9O3/c1-6-10(2)11-7-8-12(13(9-11)17(20,21)22)16(18(23,24)25,19(26,27)28)31-14(29)30-15(3,4)5/h7-10H,6H2,1-5H3. The lowest BCUT2D eigenvalue weighted by Gasteiger charge is -2.38. The van der Waals surface area contributed by atoms with Crippen LogP contribution in [0.15, 0.2) is 18.2 Å². The molecule has 0 aliphatic rings. The zero-order chi connectivity index (χ0) is 24.6. The molecule has 0 aromatic heterocycles. The third-order valence-electron chi connectivity index (χ3n) is 4.33. The average molecular weight is 468 g/mol. The molecule has 0 aliphatic heterocycles. The van der Waals surface area contributed by atoms with Crippen LogP contribution in [0.3, 0.4) is 0 Å². The van der Waals surface area contributed by atoms with Crippen molar-refractivity contribution >= 4 is 6.16 Å². The van der Waals surface area contributed by atoms with Crippen molar-refractivity contribution in [2.24, 2.45) is 0 Å². The van der Waals surface area contributed by atoms with Gasteiger partial charge in [0.2, 0.25) is 0 Å².